The minimum absolute atomic E-state index is 0.0652. The van der Waals surface area contributed by atoms with Crippen molar-refractivity contribution in [3.05, 3.63) is 64.1 Å². The van der Waals surface area contributed by atoms with Crippen LogP contribution in [0.2, 0.25) is 0 Å². The van der Waals surface area contributed by atoms with Gasteiger partial charge in [-0.25, -0.2) is 0 Å². The summed E-state index contributed by atoms with van der Waals surface area (Å²) in [5.41, 5.74) is 2.44. The van der Waals surface area contributed by atoms with Gasteiger partial charge in [0, 0.05) is 22.1 Å². The molecular weight excluding hydrogens is 366 g/mol. The largest absolute Gasteiger partial charge is 0.376 e. The molecule has 24 heavy (non-hydrogen) atoms. The Morgan fingerprint density at radius 3 is 2.33 bits per heavy atom. The van der Waals surface area contributed by atoms with Crippen molar-refractivity contribution in [2.24, 2.45) is 0 Å². The van der Waals surface area contributed by atoms with Gasteiger partial charge in [-0.05, 0) is 42.0 Å². The summed E-state index contributed by atoms with van der Waals surface area (Å²) in [6.45, 7) is 4.96. The molecule has 0 aromatic heterocycles. The Morgan fingerprint density at radius 2 is 1.75 bits per heavy atom. The van der Waals surface area contributed by atoms with E-state index in [0.717, 1.165) is 10.2 Å². The third-order valence-corrected chi connectivity index (χ3v) is 4.35. The Morgan fingerprint density at radius 1 is 1.12 bits per heavy atom. The molecule has 0 spiro atoms. The molecule has 0 aliphatic rings. The van der Waals surface area contributed by atoms with Crippen LogP contribution in [0.5, 0.6) is 0 Å². The Balaban J connectivity index is 1.83. The lowest BCUT2D eigenvalue weighted by molar-refractivity contribution is -0.119. The maximum Gasteiger partial charge on any atom is 0.239 e. The Bertz CT molecular complexity index is 731. The van der Waals surface area contributed by atoms with Crippen LogP contribution < -0.4 is 10.6 Å². The molecular formula is C19H20BrN3O. The van der Waals surface area contributed by atoms with Crippen molar-refractivity contribution in [3.8, 4) is 6.07 Å². The summed E-state index contributed by atoms with van der Waals surface area (Å²) >= 11 is 3.43. The highest BCUT2D eigenvalue weighted by Gasteiger charge is 2.21. The molecule has 2 aromatic rings. The van der Waals surface area contributed by atoms with Crippen molar-refractivity contribution in [1.82, 2.24) is 5.32 Å². The first-order chi connectivity index (χ1) is 11.4. The predicted octanol–water partition coefficient (Wildman–Crippen LogP) is 3.83. The van der Waals surface area contributed by atoms with E-state index in [0.29, 0.717) is 12.1 Å². The lowest BCUT2D eigenvalue weighted by Gasteiger charge is -2.26. The number of nitrogens with zero attached hydrogens (tertiary/aromatic N) is 1. The first-order valence-corrected chi connectivity index (χ1v) is 8.47. The van der Waals surface area contributed by atoms with Gasteiger partial charge in [0.25, 0.3) is 0 Å². The molecule has 124 valence electrons. The van der Waals surface area contributed by atoms with Gasteiger partial charge in [-0.2, -0.15) is 5.26 Å². The molecule has 4 nitrogen and oxygen atoms in total. The Hall–Kier alpha value is -2.32. The number of benzene rings is 2. The van der Waals surface area contributed by atoms with Gasteiger partial charge in [0.1, 0.15) is 0 Å². The second-order valence-corrected chi connectivity index (χ2v) is 7.13. The average molecular weight is 386 g/mol. The summed E-state index contributed by atoms with van der Waals surface area (Å²) in [6.07, 6.45) is 0. The maximum absolute atomic E-state index is 12.0. The topological polar surface area (TPSA) is 64.9 Å². The van der Waals surface area contributed by atoms with E-state index in [9.17, 15) is 4.79 Å². The first kappa shape index (κ1) is 18.0. The van der Waals surface area contributed by atoms with Crippen molar-refractivity contribution >= 4 is 27.5 Å². The third kappa shape index (κ3) is 5.10. The summed E-state index contributed by atoms with van der Waals surface area (Å²) in [4.78, 5) is 12.0. The molecule has 1 amide bonds. The van der Waals surface area contributed by atoms with Gasteiger partial charge in [-0.3, -0.25) is 4.79 Å². The molecule has 0 unspecified atom stereocenters. The van der Waals surface area contributed by atoms with Crippen LogP contribution in [0.1, 0.15) is 25.0 Å². The fourth-order valence-corrected chi connectivity index (χ4v) is 2.49. The lowest BCUT2D eigenvalue weighted by atomic mass is 9.84. The predicted molar refractivity (Wildman–Crippen MR) is 99.8 cm³/mol. The highest BCUT2D eigenvalue weighted by molar-refractivity contribution is 9.10. The molecule has 5 heteroatoms. The van der Waals surface area contributed by atoms with Crippen LogP contribution in [0.3, 0.4) is 0 Å². The number of hydrogen-bond acceptors (Lipinski definition) is 3. The molecule has 2 rings (SSSR count). The highest BCUT2D eigenvalue weighted by atomic mass is 79.9. The molecule has 0 bridgehead atoms. The number of rotatable bonds is 6. The van der Waals surface area contributed by atoms with E-state index in [2.05, 4.69) is 58.6 Å². The lowest BCUT2D eigenvalue weighted by Crippen LogP contribution is -2.39. The number of carbonyl (C=O) groups excluding carboxylic acids is 1. The van der Waals surface area contributed by atoms with Crippen LogP contribution in [0.15, 0.2) is 53.0 Å². The maximum atomic E-state index is 12.0. The summed E-state index contributed by atoms with van der Waals surface area (Å²) in [7, 11) is 0. The molecule has 0 saturated heterocycles. The molecule has 0 aliphatic carbocycles. The van der Waals surface area contributed by atoms with Crippen LogP contribution in [0, 0.1) is 11.3 Å². The van der Waals surface area contributed by atoms with Gasteiger partial charge >= 0.3 is 0 Å². The SMILES string of the molecule is CC(C)(CNC(=O)CNc1ccc(C#N)cc1)c1ccc(Br)cc1. The van der Waals surface area contributed by atoms with Crippen molar-refractivity contribution in [3.63, 3.8) is 0 Å². The Kier molecular flexibility index (Phi) is 5.99. The van der Waals surface area contributed by atoms with Gasteiger partial charge in [0.15, 0.2) is 0 Å². The summed E-state index contributed by atoms with van der Waals surface area (Å²) < 4.78 is 1.04. The molecule has 0 atom stereocenters. The number of nitriles is 1. The molecule has 0 heterocycles. The molecule has 0 saturated carbocycles. The second kappa shape index (κ2) is 7.98. The van der Waals surface area contributed by atoms with Gasteiger partial charge in [-0.15, -0.1) is 0 Å². The smallest absolute Gasteiger partial charge is 0.239 e. The van der Waals surface area contributed by atoms with Crippen molar-refractivity contribution in [1.29, 1.82) is 5.26 Å². The van der Waals surface area contributed by atoms with Gasteiger partial charge in [-0.1, -0.05) is 41.9 Å². The van der Waals surface area contributed by atoms with Crippen molar-refractivity contribution in [2.45, 2.75) is 19.3 Å². The van der Waals surface area contributed by atoms with Crippen LogP contribution in [0.25, 0.3) is 0 Å². The van der Waals surface area contributed by atoms with Crippen LogP contribution in [0.4, 0.5) is 5.69 Å². The van der Waals surface area contributed by atoms with Crippen molar-refractivity contribution in [2.75, 3.05) is 18.4 Å². The van der Waals surface area contributed by atoms with E-state index >= 15 is 0 Å². The van der Waals surface area contributed by atoms with Crippen LogP contribution in [-0.2, 0) is 10.2 Å². The van der Waals surface area contributed by atoms with E-state index in [-0.39, 0.29) is 17.9 Å². The minimum atomic E-state index is -0.148. The number of anilines is 1. The van der Waals surface area contributed by atoms with Crippen LogP contribution in [-0.4, -0.2) is 19.0 Å². The minimum Gasteiger partial charge on any atom is -0.376 e. The standard InChI is InChI=1S/C19H20BrN3O/c1-19(2,15-5-7-16(20)8-6-15)13-23-18(24)12-22-17-9-3-14(11-21)4-10-17/h3-10,22H,12-13H2,1-2H3,(H,23,24). The van der Waals surface area contributed by atoms with Gasteiger partial charge < -0.3 is 10.6 Å². The molecule has 2 N–H and O–H groups in total. The second-order valence-electron chi connectivity index (χ2n) is 6.21. The summed E-state index contributed by atoms with van der Waals surface area (Å²) in [5, 5.41) is 14.8. The molecule has 0 aliphatic heterocycles. The monoisotopic (exact) mass is 385 g/mol. The van der Waals surface area contributed by atoms with Gasteiger partial charge in [0.05, 0.1) is 18.2 Å². The van der Waals surface area contributed by atoms with E-state index < -0.39 is 0 Å². The fourth-order valence-electron chi connectivity index (χ4n) is 2.23. The van der Waals surface area contributed by atoms with E-state index in [1.54, 1.807) is 24.3 Å². The van der Waals surface area contributed by atoms with E-state index in [1.165, 1.54) is 5.56 Å². The number of nitrogens with one attached hydrogen (secondary N) is 2. The number of hydrogen-bond donors (Lipinski definition) is 2. The quantitative estimate of drug-likeness (QED) is 0.793. The van der Waals surface area contributed by atoms with Crippen LogP contribution >= 0.6 is 15.9 Å². The van der Waals surface area contributed by atoms with E-state index in [4.69, 9.17) is 5.26 Å². The number of amides is 1. The number of carbonyl (C=O) groups is 1. The summed E-state index contributed by atoms with van der Waals surface area (Å²) in [6, 6.07) is 17.2. The zero-order valence-electron chi connectivity index (χ0n) is 13.8. The molecule has 0 radical (unpaired) electrons. The average Bonchev–Trinajstić information content (AvgIpc) is 2.59. The molecule has 0 fully saturated rings. The summed E-state index contributed by atoms with van der Waals surface area (Å²) in [5.74, 6) is -0.0652. The fraction of sp³-hybridized carbons (Fsp3) is 0.263. The highest BCUT2D eigenvalue weighted by Crippen LogP contribution is 2.24. The molecule has 2 aromatic carbocycles. The zero-order valence-corrected chi connectivity index (χ0v) is 15.4. The third-order valence-electron chi connectivity index (χ3n) is 3.82. The Labute approximate surface area is 151 Å². The number of halogens is 1. The van der Waals surface area contributed by atoms with Gasteiger partial charge in [0.2, 0.25) is 5.91 Å². The first-order valence-electron chi connectivity index (χ1n) is 7.67. The normalized spacial score (nSPS) is 10.8. The van der Waals surface area contributed by atoms with Crippen molar-refractivity contribution < 1.29 is 4.79 Å². The zero-order chi connectivity index (χ0) is 17.6. The van der Waals surface area contributed by atoms with E-state index in [1.807, 2.05) is 12.1 Å².